The van der Waals surface area contributed by atoms with E-state index in [-0.39, 0.29) is 18.1 Å². The molecule has 1 amide bonds. The van der Waals surface area contributed by atoms with Crippen molar-refractivity contribution in [3.63, 3.8) is 0 Å². The first-order valence-corrected chi connectivity index (χ1v) is 7.43. The van der Waals surface area contributed by atoms with Gasteiger partial charge in [-0.15, -0.1) is 0 Å². The Balaban J connectivity index is 1.73. The molecule has 1 saturated carbocycles. The smallest absolute Gasteiger partial charge is 0.228 e. The Labute approximate surface area is 119 Å². The van der Waals surface area contributed by atoms with Gasteiger partial charge in [-0.2, -0.15) is 0 Å². The number of hydrogen-bond acceptors (Lipinski definition) is 3. The predicted molar refractivity (Wildman–Crippen MR) is 78.6 cm³/mol. The number of aliphatic hydroxyl groups is 1. The van der Waals surface area contributed by atoms with Gasteiger partial charge >= 0.3 is 0 Å². The molecule has 4 heteroatoms. The third kappa shape index (κ3) is 2.45. The first-order chi connectivity index (χ1) is 9.66. The zero-order valence-corrected chi connectivity index (χ0v) is 11.9. The fourth-order valence-electron chi connectivity index (χ4n) is 3.37. The highest BCUT2D eigenvalue weighted by Crippen LogP contribution is 2.34. The van der Waals surface area contributed by atoms with Crippen LogP contribution in [-0.2, 0) is 4.79 Å². The first-order valence-electron chi connectivity index (χ1n) is 7.43. The molecule has 0 aromatic heterocycles. The minimum absolute atomic E-state index is 0.0719. The molecule has 0 bridgehead atoms. The van der Waals surface area contributed by atoms with Gasteiger partial charge in [-0.05, 0) is 30.4 Å². The number of benzene rings is 1. The van der Waals surface area contributed by atoms with Gasteiger partial charge in [0.05, 0.1) is 6.10 Å². The molecule has 3 atom stereocenters. The summed E-state index contributed by atoms with van der Waals surface area (Å²) in [5, 5.41) is 13.4. The van der Waals surface area contributed by atoms with Crippen LogP contribution in [0.5, 0.6) is 0 Å². The maximum Gasteiger partial charge on any atom is 0.228 e. The quantitative estimate of drug-likeness (QED) is 0.884. The summed E-state index contributed by atoms with van der Waals surface area (Å²) in [5.41, 5.74) is 2.18. The van der Waals surface area contributed by atoms with Crippen LogP contribution in [0.1, 0.15) is 37.3 Å². The van der Waals surface area contributed by atoms with Crippen molar-refractivity contribution in [1.29, 1.82) is 0 Å². The Hall–Kier alpha value is -1.39. The molecule has 1 aromatic carbocycles. The van der Waals surface area contributed by atoms with Crippen molar-refractivity contribution in [2.24, 2.45) is 5.92 Å². The number of hydrogen-bond donors (Lipinski definition) is 2. The zero-order chi connectivity index (χ0) is 14.1. The second kappa shape index (κ2) is 5.54. The summed E-state index contributed by atoms with van der Waals surface area (Å²) in [6.45, 7) is 0.789. The average Bonchev–Trinajstić information content (AvgIpc) is 2.87. The van der Waals surface area contributed by atoms with Gasteiger partial charge < -0.3 is 15.3 Å². The molecule has 1 fully saturated rings. The normalized spacial score (nSPS) is 29.6. The van der Waals surface area contributed by atoms with Crippen LogP contribution < -0.4 is 10.2 Å². The van der Waals surface area contributed by atoms with Crippen molar-refractivity contribution in [2.75, 3.05) is 18.5 Å². The summed E-state index contributed by atoms with van der Waals surface area (Å²) in [6, 6.07) is 8.13. The van der Waals surface area contributed by atoms with Gasteiger partial charge in [0.1, 0.15) is 0 Å². The van der Waals surface area contributed by atoms with E-state index in [0.29, 0.717) is 12.3 Å². The van der Waals surface area contributed by atoms with Crippen molar-refractivity contribution in [3.8, 4) is 0 Å². The van der Waals surface area contributed by atoms with E-state index in [2.05, 4.69) is 11.4 Å². The molecule has 108 valence electrons. The Morgan fingerprint density at radius 1 is 1.35 bits per heavy atom. The molecule has 1 aliphatic heterocycles. The SMILES string of the molecule is CN1C(=O)CC(NCC2CCCC2O)c2ccccc21. The fraction of sp³-hybridized carbons (Fsp3) is 0.562. The van der Waals surface area contributed by atoms with Gasteiger partial charge in [0, 0.05) is 31.7 Å². The summed E-state index contributed by atoms with van der Waals surface area (Å²) < 4.78 is 0. The maximum absolute atomic E-state index is 12.1. The molecular formula is C16H22N2O2. The molecule has 4 nitrogen and oxygen atoms in total. The Kier molecular flexibility index (Phi) is 3.76. The number of fused-ring (bicyclic) bond motifs is 1. The monoisotopic (exact) mass is 274 g/mol. The number of para-hydroxylation sites is 1. The fourth-order valence-corrected chi connectivity index (χ4v) is 3.37. The average molecular weight is 274 g/mol. The summed E-state index contributed by atoms with van der Waals surface area (Å²) in [5.74, 6) is 0.477. The van der Waals surface area contributed by atoms with Crippen molar-refractivity contribution >= 4 is 11.6 Å². The van der Waals surface area contributed by atoms with Crippen LogP contribution in [0.4, 0.5) is 5.69 Å². The molecule has 20 heavy (non-hydrogen) atoms. The van der Waals surface area contributed by atoms with Gasteiger partial charge in [-0.25, -0.2) is 0 Å². The summed E-state index contributed by atoms with van der Waals surface area (Å²) in [7, 11) is 1.83. The second-order valence-corrected chi connectivity index (χ2v) is 5.93. The summed E-state index contributed by atoms with van der Waals surface area (Å²) in [6.07, 6.45) is 3.41. The standard InChI is InChI=1S/C16H22N2O2/c1-18-14-7-3-2-6-12(14)13(9-16(18)20)17-10-11-5-4-8-15(11)19/h2-3,6-7,11,13,15,17,19H,4-5,8-10H2,1H3. The third-order valence-corrected chi connectivity index (χ3v) is 4.67. The van der Waals surface area contributed by atoms with E-state index < -0.39 is 0 Å². The van der Waals surface area contributed by atoms with E-state index >= 15 is 0 Å². The van der Waals surface area contributed by atoms with Crippen molar-refractivity contribution < 1.29 is 9.90 Å². The number of rotatable bonds is 3. The second-order valence-electron chi connectivity index (χ2n) is 5.93. The van der Waals surface area contributed by atoms with Crippen LogP contribution in [0.3, 0.4) is 0 Å². The van der Waals surface area contributed by atoms with Crippen LogP contribution in [0.25, 0.3) is 0 Å². The molecule has 3 unspecified atom stereocenters. The zero-order valence-electron chi connectivity index (χ0n) is 11.9. The first kappa shape index (κ1) is 13.6. The summed E-state index contributed by atoms with van der Waals surface area (Å²) in [4.78, 5) is 13.8. The van der Waals surface area contributed by atoms with E-state index in [4.69, 9.17) is 0 Å². The van der Waals surface area contributed by atoms with Crippen LogP contribution in [0.2, 0.25) is 0 Å². The lowest BCUT2D eigenvalue weighted by Gasteiger charge is -2.33. The maximum atomic E-state index is 12.1. The lowest BCUT2D eigenvalue weighted by atomic mass is 9.95. The van der Waals surface area contributed by atoms with E-state index in [1.54, 1.807) is 4.90 Å². The minimum Gasteiger partial charge on any atom is -0.393 e. The van der Waals surface area contributed by atoms with E-state index in [1.165, 1.54) is 5.56 Å². The Morgan fingerprint density at radius 3 is 2.90 bits per heavy atom. The van der Waals surface area contributed by atoms with E-state index in [9.17, 15) is 9.90 Å². The lowest BCUT2D eigenvalue weighted by Crippen LogP contribution is -2.39. The molecule has 2 aliphatic rings. The highest BCUT2D eigenvalue weighted by molar-refractivity contribution is 5.96. The van der Waals surface area contributed by atoms with Crippen LogP contribution in [0, 0.1) is 5.92 Å². The molecule has 2 N–H and O–H groups in total. The van der Waals surface area contributed by atoms with Gasteiger partial charge in [0.2, 0.25) is 5.91 Å². The number of carbonyl (C=O) groups excluding carboxylic acids is 1. The Morgan fingerprint density at radius 2 is 2.15 bits per heavy atom. The molecular weight excluding hydrogens is 252 g/mol. The Bertz CT molecular complexity index is 503. The van der Waals surface area contributed by atoms with Crippen LogP contribution in [0.15, 0.2) is 24.3 Å². The predicted octanol–water partition coefficient (Wildman–Crippen LogP) is 1.84. The summed E-state index contributed by atoms with van der Waals surface area (Å²) >= 11 is 0. The van der Waals surface area contributed by atoms with Gasteiger partial charge in [0.25, 0.3) is 0 Å². The molecule has 1 aliphatic carbocycles. The molecule has 0 radical (unpaired) electrons. The molecule has 1 heterocycles. The van der Waals surface area contributed by atoms with Gasteiger partial charge in [-0.3, -0.25) is 4.79 Å². The van der Waals surface area contributed by atoms with Crippen molar-refractivity contribution in [3.05, 3.63) is 29.8 Å². The number of carbonyl (C=O) groups is 1. The number of amides is 1. The van der Waals surface area contributed by atoms with Gasteiger partial charge in [-0.1, -0.05) is 24.6 Å². The number of nitrogens with zero attached hydrogens (tertiary/aromatic N) is 1. The van der Waals surface area contributed by atoms with Crippen molar-refractivity contribution in [1.82, 2.24) is 5.32 Å². The van der Waals surface area contributed by atoms with Crippen LogP contribution in [-0.4, -0.2) is 30.7 Å². The molecule has 0 spiro atoms. The molecule has 3 rings (SSSR count). The highest BCUT2D eigenvalue weighted by atomic mass is 16.3. The van der Waals surface area contributed by atoms with Gasteiger partial charge in [0.15, 0.2) is 0 Å². The topological polar surface area (TPSA) is 52.6 Å². The van der Waals surface area contributed by atoms with Crippen LogP contribution >= 0.6 is 0 Å². The molecule has 0 saturated heterocycles. The number of nitrogens with one attached hydrogen (secondary N) is 1. The minimum atomic E-state index is -0.181. The highest BCUT2D eigenvalue weighted by Gasteiger charge is 2.31. The van der Waals surface area contributed by atoms with E-state index in [1.807, 2.05) is 25.2 Å². The van der Waals surface area contributed by atoms with E-state index in [0.717, 1.165) is 31.5 Å². The third-order valence-electron chi connectivity index (χ3n) is 4.67. The lowest BCUT2D eigenvalue weighted by molar-refractivity contribution is -0.119. The van der Waals surface area contributed by atoms with Crippen molar-refractivity contribution in [2.45, 2.75) is 37.8 Å². The number of aliphatic hydroxyl groups excluding tert-OH is 1. The largest absolute Gasteiger partial charge is 0.393 e. The molecule has 1 aromatic rings. The number of anilines is 1.